The van der Waals surface area contributed by atoms with Gasteiger partial charge in [0.1, 0.15) is 0 Å². The van der Waals surface area contributed by atoms with Gasteiger partial charge in [0.2, 0.25) is 5.91 Å². The highest BCUT2D eigenvalue weighted by Crippen LogP contribution is 2.29. The molecule has 108 valence electrons. The molecule has 1 aromatic rings. The normalized spacial score (nSPS) is 17.6. The van der Waals surface area contributed by atoms with Gasteiger partial charge in [-0.05, 0) is 31.0 Å². The molecule has 1 heterocycles. The van der Waals surface area contributed by atoms with E-state index in [0.717, 1.165) is 24.2 Å². The minimum absolute atomic E-state index is 0.0724. The lowest BCUT2D eigenvalue weighted by atomic mass is 9.92. The van der Waals surface area contributed by atoms with E-state index in [1.807, 2.05) is 31.2 Å². The Bertz CT molecular complexity index is 502. The molecular weight excluding hydrogens is 256 g/mol. The van der Waals surface area contributed by atoms with E-state index in [1.54, 1.807) is 4.90 Å². The predicted molar refractivity (Wildman–Crippen MR) is 76.8 cm³/mol. The van der Waals surface area contributed by atoms with Gasteiger partial charge in [0.15, 0.2) is 0 Å². The van der Waals surface area contributed by atoms with Gasteiger partial charge in [-0.25, -0.2) is 0 Å². The number of carbonyl (C=O) groups excluding carboxylic acids is 1. The van der Waals surface area contributed by atoms with Crippen molar-refractivity contribution in [2.45, 2.75) is 19.8 Å². The van der Waals surface area contributed by atoms with Crippen molar-refractivity contribution in [3.8, 4) is 0 Å². The summed E-state index contributed by atoms with van der Waals surface area (Å²) in [6.45, 7) is 3.31. The van der Waals surface area contributed by atoms with Crippen molar-refractivity contribution in [3.05, 3.63) is 29.8 Å². The minimum atomic E-state index is -0.848. The van der Waals surface area contributed by atoms with Gasteiger partial charge in [0.25, 0.3) is 0 Å². The van der Waals surface area contributed by atoms with Crippen LogP contribution in [0.4, 0.5) is 5.69 Å². The van der Waals surface area contributed by atoms with Crippen LogP contribution >= 0.6 is 0 Å². The van der Waals surface area contributed by atoms with E-state index in [2.05, 4.69) is 5.32 Å². The van der Waals surface area contributed by atoms with Crippen LogP contribution in [-0.4, -0.2) is 36.6 Å². The molecule has 0 aliphatic carbocycles. The first-order valence-corrected chi connectivity index (χ1v) is 6.95. The second-order valence-corrected chi connectivity index (χ2v) is 5.05. The maximum Gasteiger partial charge on any atom is 0.308 e. The lowest BCUT2D eigenvalue weighted by molar-refractivity contribution is -0.141. The van der Waals surface area contributed by atoms with Gasteiger partial charge >= 0.3 is 5.97 Å². The third-order valence-corrected chi connectivity index (χ3v) is 3.50. The average molecular weight is 276 g/mol. The minimum Gasteiger partial charge on any atom is -0.481 e. The molecule has 0 fully saturated rings. The zero-order valence-electron chi connectivity index (χ0n) is 11.6. The molecule has 1 amide bonds. The van der Waals surface area contributed by atoms with Gasteiger partial charge in [-0.3, -0.25) is 9.59 Å². The molecule has 20 heavy (non-hydrogen) atoms. The number of carbonyl (C=O) groups is 2. The number of amides is 1. The fourth-order valence-electron chi connectivity index (χ4n) is 2.46. The second-order valence-electron chi connectivity index (χ2n) is 5.05. The summed E-state index contributed by atoms with van der Waals surface area (Å²) in [6.07, 6.45) is 1.44. The number of hydrogen-bond acceptors (Lipinski definition) is 3. The predicted octanol–water partition coefficient (Wildman–Crippen LogP) is 1.28. The van der Waals surface area contributed by atoms with Crippen molar-refractivity contribution < 1.29 is 14.7 Å². The smallest absolute Gasteiger partial charge is 0.308 e. The third-order valence-electron chi connectivity index (χ3n) is 3.50. The molecule has 0 saturated carbocycles. The first-order chi connectivity index (χ1) is 9.63. The Morgan fingerprint density at radius 3 is 2.85 bits per heavy atom. The van der Waals surface area contributed by atoms with Crippen molar-refractivity contribution in [3.63, 3.8) is 0 Å². The molecule has 1 atom stereocenters. The molecule has 1 aliphatic rings. The zero-order chi connectivity index (χ0) is 14.5. The van der Waals surface area contributed by atoms with Crippen molar-refractivity contribution in [1.29, 1.82) is 0 Å². The van der Waals surface area contributed by atoms with Gasteiger partial charge in [-0.1, -0.05) is 25.1 Å². The molecule has 5 heteroatoms. The summed E-state index contributed by atoms with van der Waals surface area (Å²) in [4.78, 5) is 25.1. The van der Waals surface area contributed by atoms with Gasteiger partial charge in [-0.15, -0.1) is 0 Å². The molecule has 0 aromatic heterocycles. The largest absolute Gasteiger partial charge is 0.481 e. The van der Waals surface area contributed by atoms with E-state index in [1.165, 1.54) is 0 Å². The average Bonchev–Trinajstić information content (AvgIpc) is 2.46. The number of nitrogens with one attached hydrogen (secondary N) is 1. The van der Waals surface area contributed by atoms with E-state index in [9.17, 15) is 14.7 Å². The van der Waals surface area contributed by atoms with Crippen molar-refractivity contribution in [1.82, 2.24) is 5.32 Å². The Kier molecular flexibility index (Phi) is 4.74. The van der Waals surface area contributed by atoms with Crippen LogP contribution in [0, 0.1) is 5.92 Å². The Hall–Kier alpha value is -1.88. The third kappa shape index (κ3) is 3.17. The summed E-state index contributed by atoms with van der Waals surface area (Å²) in [5.74, 6) is -1.45. The highest BCUT2D eigenvalue weighted by molar-refractivity contribution is 5.97. The molecule has 2 N–H and O–H groups in total. The van der Waals surface area contributed by atoms with Crippen LogP contribution in [-0.2, 0) is 16.0 Å². The van der Waals surface area contributed by atoms with Gasteiger partial charge in [0, 0.05) is 12.2 Å². The molecule has 2 rings (SSSR count). The van der Waals surface area contributed by atoms with Crippen molar-refractivity contribution >= 4 is 17.6 Å². The van der Waals surface area contributed by atoms with Crippen LogP contribution in [0.1, 0.15) is 18.9 Å². The van der Waals surface area contributed by atoms with E-state index in [4.69, 9.17) is 0 Å². The van der Waals surface area contributed by atoms with Gasteiger partial charge in [-0.2, -0.15) is 0 Å². The van der Waals surface area contributed by atoms with E-state index >= 15 is 0 Å². The van der Waals surface area contributed by atoms with E-state index in [0.29, 0.717) is 6.42 Å². The lowest BCUT2D eigenvalue weighted by Crippen LogP contribution is -2.46. The molecule has 1 aliphatic heterocycles. The van der Waals surface area contributed by atoms with Crippen molar-refractivity contribution in [2.24, 2.45) is 5.92 Å². The molecule has 0 saturated heterocycles. The number of carboxylic acid groups (broad SMARTS) is 1. The topological polar surface area (TPSA) is 69.6 Å². The summed E-state index contributed by atoms with van der Waals surface area (Å²) < 4.78 is 0. The summed E-state index contributed by atoms with van der Waals surface area (Å²) in [7, 11) is 0. The number of fused-ring (bicyclic) bond motifs is 1. The number of rotatable bonds is 5. The van der Waals surface area contributed by atoms with Crippen LogP contribution in [0.3, 0.4) is 0 Å². The molecule has 1 unspecified atom stereocenters. The highest BCUT2D eigenvalue weighted by Gasteiger charge is 2.31. The van der Waals surface area contributed by atoms with E-state index < -0.39 is 11.9 Å². The Morgan fingerprint density at radius 1 is 1.40 bits per heavy atom. The molecular formula is C15H20N2O3. The van der Waals surface area contributed by atoms with Crippen LogP contribution in [0.15, 0.2) is 24.3 Å². The van der Waals surface area contributed by atoms with Gasteiger partial charge < -0.3 is 15.3 Å². The number of anilines is 1. The summed E-state index contributed by atoms with van der Waals surface area (Å²) in [6, 6.07) is 7.52. The molecule has 0 radical (unpaired) electrons. The number of benzene rings is 1. The van der Waals surface area contributed by atoms with Crippen LogP contribution in [0.5, 0.6) is 0 Å². The zero-order valence-corrected chi connectivity index (χ0v) is 11.6. The number of hydrogen-bond donors (Lipinski definition) is 2. The molecule has 5 nitrogen and oxygen atoms in total. The molecule has 0 spiro atoms. The molecule has 0 bridgehead atoms. The summed E-state index contributed by atoms with van der Waals surface area (Å²) in [5.41, 5.74) is 1.77. The number of nitrogens with zero attached hydrogens (tertiary/aromatic N) is 1. The Morgan fingerprint density at radius 2 is 2.15 bits per heavy atom. The number of carboxylic acids is 1. The number of aliphatic carboxylic acids is 1. The quantitative estimate of drug-likeness (QED) is 0.795. The summed E-state index contributed by atoms with van der Waals surface area (Å²) in [5, 5.41) is 12.3. The first-order valence-electron chi connectivity index (χ1n) is 6.95. The Balaban J connectivity index is 2.18. The lowest BCUT2D eigenvalue weighted by Gasteiger charge is -2.33. The van der Waals surface area contributed by atoms with Crippen LogP contribution < -0.4 is 10.2 Å². The van der Waals surface area contributed by atoms with E-state index in [-0.39, 0.29) is 19.0 Å². The van der Waals surface area contributed by atoms with Gasteiger partial charge in [0.05, 0.1) is 12.5 Å². The van der Waals surface area contributed by atoms with Crippen LogP contribution in [0.25, 0.3) is 0 Å². The summed E-state index contributed by atoms with van der Waals surface area (Å²) >= 11 is 0. The fraction of sp³-hybridized carbons (Fsp3) is 0.467. The SMILES string of the molecule is CCCNCC(=O)N1CC(C(=O)O)Cc2ccccc21. The maximum atomic E-state index is 12.3. The first kappa shape index (κ1) is 14.5. The van der Waals surface area contributed by atoms with Crippen molar-refractivity contribution in [2.75, 3.05) is 24.5 Å². The Labute approximate surface area is 118 Å². The standard InChI is InChI=1S/C15H20N2O3/c1-2-7-16-9-14(18)17-10-12(15(19)20)8-11-5-3-4-6-13(11)17/h3-6,12,16H,2,7-10H2,1H3,(H,19,20). The number of para-hydroxylation sites is 1. The maximum absolute atomic E-state index is 12.3. The second kappa shape index (κ2) is 6.52. The fourth-order valence-corrected chi connectivity index (χ4v) is 2.46. The highest BCUT2D eigenvalue weighted by atomic mass is 16.4. The monoisotopic (exact) mass is 276 g/mol. The molecule has 1 aromatic carbocycles. The van der Waals surface area contributed by atoms with Crippen LogP contribution in [0.2, 0.25) is 0 Å².